The van der Waals surface area contributed by atoms with E-state index in [4.69, 9.17) is 14.5 Å². The Kier molecular flexibility index (Phi) is 8.84. The molecule has 0 aliphatic carbocycles. The third-order valence-corrected chi connectivity index (χ3v) is 4.72. The second-order valence-corrected chi connectivity index (χ2v) is 6.10. The number of anilines is 1. The second-order valence-electron chi connectivity index (χ2n) is 5.09. The first kappa shape index (κ1) is 18.4. The minimum absolute atomic E-state index is 0.350. The van der Waals surface area contributed by atoms with E-state index in [0.717, 1.165) is 36.9 Å². The van der Waals surface area contributed by atoms with Crippen LogP contribution in [0.1, 0.15) is 36.9 Å². The van der Waals surface area contributed by atoms with Gasteiger partial charge in [-0.25, -0.2) is 4.98 Å². The van der Waals surface area contributed by atoms with Crippen molar-refractivity contribution in [1.82, 2.24) is 10.3 Å². The van der Waals surface area contributed by atoms with Gasteiger partial charge in [-0.05, 0) is 26.8 Å². The van der Waals surface area contributed by atoms with Gasteiger partial charge in [0, 0.05) is 38.2 Å². The van der Waals surface area contributed by atoms with Crippen LogP contribution in [0.25, 0.3) is 0 Å². The monoisotopic (exact) mass is 315 g/mol. The molecule has 21 heavy (non-hydrogen) atoms. The Morgan fingerprint density at radius 3 is 2.38 bits per heavy atom. The van der Waals surface area contributed by atoms with E-state index in [9.17, 15) is 0 Å². The first-order chi connectivity index (χ1) is 10.1. The molecule has 0 aliphatic heterocycles. The fourth-order valence-electron chi connectivity index (χ4n) is 2.09. The highest BCUT2D eigenvalue weighted by atomic mass is 32.1. The van der Waals surface area contributed by atoms with Gasteiger partial charge in [0.05, 0.1) is 18.9 Å². The predicted molar refractivity (Wildman–Crippen MR) is 89.5 cm³/mol. The fourth-order valence-corrected chi connectivity index (χ4v) is 3.23. The van der Waals surface area contributed by atoms with Crippen LogP contribution in [0.3, 0.4) is 0 Å². The summed E-state index contributed by atoms with van der Waals surface area (Å²) in [6.07, 6.45) is 1.14. The first-order valence-electron chi connectivity index (χ1n) is 7.57. The molecule has 1 unspecified atom stereocenters. The quantitative estimate of drug-likeness (QED) is 0.680. The van der Waals surface area contributed by atoms with Crippen LogP contribution in [0, 0.1) is 6.92 Å². The molecule has 0 bridgehead atoms. The molecule has 0 radical (unpaired) electrons. The number of rotatable bonds is 11. The number of thiazole rings is 1. The van der Waals surface area contributed by atoms with E-state index in [2.05, 4.69) is 31.0 Å². The van der Waals surface area contributed by atoms with E-state index in [1.54, 1.807) is 25.6 Å². The second kappa shape index (κ2) is 10.1. The number of hydrogen-bond acceptors (Lipinski definition) is 6. The van der Waals surface area contributed by atoms with Gasteiger partial charge in [-0.15, -0.1) is 11.3 Å². The molecule has 1 atom stereocenters. The van der Waals surface area contributed by atoms with Gasteiger partial charge >= 0.3 is 0 Å². The summed E-state index contributed by atoms with van der Waals surface area (Å²) >= 11 is 1.77. The van der Waals surface area contributed by atoms with Crippen molar-refractivity contribution in [3.63, 3.8) is 0 Å². The maximum absolute atomic E-state index is 5.19. The normalized spacial score (nSPS) is 12.6. The molecule has 0 saturated carbocycles. The minimum Gasteiger partial charge on any atom is -0.383 e. The van der Waals surface area contributed by atoms with Crippen molar-refractivity contribution in [2.75, 3.05) is 52.0 Å². The lowest BCUT2D eigenvalue weighted by Crippen LogP contribution is -2.30. The van der Waals surface area contributed by atoms with Crippen molar-refractivity contribution in [2.45, 2.75) is 33.2 Å². The molecule has 0 fully saturated rings. The molecule has 1 heterocycles. The summed E-state index contributed by atoms with van der Waals surface area (Å²) in [5, 5.41) is 4.59. The molecule has 1 aromatic heterocycles. The zero-order valence-electron chi connectivity index (χ0n) is 13.9. The van der Waals surface area contributed by atoms with Crippen LogP contribution < -0.4 is 10.2 Å². The third kappa shape index (κ3) is 5.90. The number of methoxy groups -OCH3 is 2. The number of hydrogen-bond donors (Lipinski definition) is 1. The van der Waals surface area contributed by atoms with Crippen molar-refractivity contribution in [1.29, 1.82) is 0 Å². The molecule has 1 aromatic rings. The lowest BCUT2D eigenvalue weighted by atomic mass is 10.2. The summed E-state index contributed by atoms with van der Waals surface area (Å²) in [4.78, 5) is 8.29. The molecular weight excluding hydrogens is 286 g/mol. The Hall–Kier alpha value is -0.690. The van der Waals surface area contributed by atoms with Gasteiger partial charge in [0.1, 0.15) is 0 Å². The lowest BCUT2D eigenvalue weighted by Gasteiger charge is -2.21. The van der Waals surface area contributed by atoms with Crippen molar-refractivity contribution in [2.24, 2.45) is 0 Å². The number of nitrogens with zero attached hydrogens (tertiary/aromatic N) is 2. The minimum atomic E-state index is 0.350. The van der Waals surface area contributed by atoms with Crippen LogP contribution in [0.15, 0.2) is 0 Å². The van der Waals surface area contributed by atoms with Crippen LogP contribution in [0.5, 0.6) is 0 Å². The molecule has 1 N–H and O–H groups in total. The van der Waals surface area contributed by atoms with Crippen molar-refractivity contribution < 1.29 is 9.47 Å². The first-order valence-corrected chi connectivity index (χ1v) is 8.39. The summed E-state index contributed by atoms with van der Waals surface area (Å²) in [5.41, 5.74) is 1.12. The van der Waals surface area contributed by atoms with Crippen LogP contribution in [0.2, 0.25) is 0 Å². The van der Waals surface area contributed by atoms with E-state index < -0.39 is 0 Å². The van der Waals surface area contributed by atoms with E-state index in [-0.39, 0.29) is 0 Å². The molecule has 0 amide bonds. The molecule has 6 heteroatoms. The average Bonchev–Trinajstić information content (AvgIpc) is 2.87. The maximum Gasteiger partial charge on any atom is 0.185 e. The van der Waals surface area contributed by atoms with E-state index in [1.807, 2.05) is 0 Å². The molecule has 122 valence electrons. The Balaban J connectivity index is 2.78. The fraction of sp³-hybridized carbons (Fsp3) is 0.800. The molecule has 0 aliphatic rings. The van der Waals surface area contributed by atoms with Gasteiger partial charge < -0.3 is 19.7 Å². The van der Waals surface area contributed by atoms with Gasteiger partial charge in [-0.3, -0.25) is 0 Å². The number of nitrogens with one attached hydrogen (secondary N) is 1. The molecule has 5 nitrogen and oxygen atoms in total. The molecule has 0 spiro atoms. The average molecular weight is 315 g/mol. The lowest BCUT2D eigenvalue weighted by molar-refractivity contribution is 0.190. The van der Waals surface area contributed by atoms with Crippen LogP contribution in [-0.4, -0.2) is 52.1 Å². The highest BCUT2D eigenvalue weighted by Crippen LogP contribution is 2.30. The Labute approximate surface area is 132 Å². The summed E-state index contributed by atoms with van der Waals surface area (Å²) in [5.74, 6) is 0. The standard InChI is InChI=1S/C15H29N3O2S/c1-6-7-16-12(2)14-13(3)17-15(21-14)18(8-10-19-4)9-11-20-5/h12,16H,6-11H2,1-5H3. The largest absolute Gasteiger partial charge is 0.383 e. The zero-order chi connectivity index (χ0) is 15.7. The van der Waals surface area contributed by atoms with Crippen LogP contribution in [0.4, 0.5) is 5.13 Å². The van der Waals surface area contributed by atoms with Crippen molar-refractivity contribution in [3.8, 4) is 0 Å². The predicted octanol–water partition coefficient (Wildman–Crippen LogP) is 2.61. The van der Waals surface area contributed by atoms with Crippen molar-refractivity contribution >= 4 is 16.5 Å². The summed E-state index contributed by atoms with van der Waals surface area (Å²) in [7, 11) is 3.45. The van der Waals surface area contributed by atoms with Gasteiger partial charge in [-0.2, -0.15) is 0 Å². The van der Waals surface area contributed by atoms with Crippen LogP contribution >= 0.6 is 11.3 Å². The number of ether oxygens (including phenoxy) is 2. The maximum atomic E-state index is 5.19. The Morgan fingerprint density at radius 2 is 1.86 bits per heavy atom. The highest BCUT2D eigenvalue weighted by molar-refractivity contribution is 7.15. The highest BCUT2D eigenvalue weighted by Gasteiger charge is 2.17. The van der Waals surface area contributed by atoms with E-state index >= 15 is 0 Å². The molecule has 1 rings (SSSR count). The molecule has 0 aromatic carbocycles. The van der Waals surface area contributed by atoms with Gasteiger partial charge in [0.2, 0.25) is 0 Å². The Morgan fingerprint density at radius 1 is 1.24 bits per heavy atom. The smallest absolute Gasteiger partial charge is 0.185 e. The summed E-state index contributed by atoms with van der Waals surface area (Å²) in [6.45, 7) is 10.6. The van der Waals surface area contributed by atoms with Crippen LogP contribution in [-0.2, 0) is 9.47 Å². The molecule has 0 saturated heterocycles. The summed E-state index contributed by atoms with van der Waals surface area (Å²) < 4.78 is 10.4. The van der Waals surface area contributed by atoms with Crippen molar-refractivity contribution in [3.05, 3.63) is 10.6 Å². The number of aromatic nitrogens is 1. The zero-order valence-corrected chi connectivity index (χ0v) is 14.8. The third-order valence-electron chi connectivity index (χ3n) is 3.32. The summed E-state index contributed by atoms with van der Waals surface area (Å²) in [6, 6.07) is 0.350. The number of aryl methyl sites for hydroxylation is 1. The van der Waals surface area contributed by atoms with Gasteiger partial charge in [-0.1, -0.05) is 6.92 Å². The topological polar surface area (TPSA) is 46.6 Å². The Bertz CT molecular complexity index is 390. The van der Waals surface area contributed by atoms with E-state index in [1.165, 1.54) is 4.88 Å². The molecular formula is C15H29N3O2S. The van der Waals surface area contributed by atoms with Gasteiger partial charge in [0.15, 0.2) is 5.13 Å². The van der Waals surface area contributed by atoms with E-state index in [0.29, 0.717) is 19.3 Å². The van der Waals surface area contributed by atoms with Gasteiger partial charge in [0.25, 0.3) is 0 Å². The SMILES string of the molecule is CCCNC(C)c1sc(N(CCOC)CCOC)nc1C.